The van der Waals surface area contributed by atoms with Crippen LogP contribution in [0, 0.1) is 6.92 Å². The third-order valence-corrected chi connectivity index (χ3v) is 6.33. The van der Waals surface area contributed by atoms with Crippen molar-refractivity contribution < 1.29 is 13.2 Å². The molecule has 1 heterocycles. The number of carbonyl (C=O) groups excluding carboxylic acids is 1. The largest absolute Gasteiger partial charge is 0.299 e. The molecule has 152 valence electrons. The summed E-state index contributed by atoms with van der Waals surface area (Å²) >= 11 is 1.24. The quantitative estimate of drug-likeness (QED) is 0.617. The summed E-state index contributed by atoms with van der Waals surface area (Å²) in [6, 6.07) is 15.7. The number of anilines is 2. The fourth-order valence-corrected chi connectivity index (χ4v) is 4.94. The number of hydrogen-bond donors (Lipinski definition) is 1. The van der Waals surface area contributed by atoms with Gasteiger partial charge in [-0.3, -0.25) is 14.4 Å². The number of aromatic nitrogens is 2. The van der Waals surface area contributed by atoms with Crippen LogP contribution in [0.15, 0.2) is 54.6 Å². The third kappa shape index (κ3) is 4.99. The van der Waals surface area contributed by atoms with Crippen molar-refractivity contribution in [3.63, 3.8) is 0 Å². The van der Waals surface area contributed by atoms with Crippen molar-refractivity contribution in [2.45, 2.75) is 26.3 Å². The molecule has 0 saturated heterocycles. The molecule has 3 aromatic rings. The van der Waals surface area contributed by atoms with Gasteiger partial charge < -0.3 is 0 Å². The second kappa shape index (κ2) is 8.71. The van der Waals surface area contributed by atoms with Gasteiger partial charge >= 0.3 is 0 Å². The number of rotatable bonds is 7. The fourth-order valence-electron chi connectivity index (χ4n) is 2.99. The molecule has 0 aliphatic rings. The molecular weight excluding hydrogens is 408 g/mol. The van der Waals surface area contributed by atoms with Gasteiger partial charge in [-0.15, -0.1) is 10.2 Å². The highest BCUT2D eigenvalue weighted by atomic mass is 32.2. The molecule has 0 fully saturated rings. The monoisotopic (exact) mass is 430 g/mol. The van der Waals surface area contributed by atoms with Crippen LogP contribution in [0.3, 0.4) is 0 Å². The van der Waals surface area contributed by atoms with Crippen molar-refractivity contribution >= 4 is 38.1 Å². The number of amides is 1. The summed E-state index contributed by atoms with van der Waals surface area (Å²) in [5.41, 5.74) is 2.26. The SMILES string of the molecule is CC[C@@H](C(=O)Nc1nnc(-c2ccccc2)s1)N(c1cccc(C)c1)S(C)(=O)=O. The van der Waals surface area contributed by atoms with Crippen LogP contribution < -0.4 is 9.62 Å². The predicted octanol–water partition coefficient (Wildman–Crippen LogP) is 3.70. The van der Waals surface area contributed by atoms with E-state index in [1.165, 1.54) is 11.3 Å². The summed E-state index contributed by atoms with van der Waals surface area (Å²) in [6.45, 7) is 3.64. The zero-order valence-electron chi connectivity index (χ0n) is 16.4. The Labute approximate surface area is 174 Å². The van der Waals surface area contributed by atoms with Gasteiger partial charge in [0.15, 0.2) is 0 Å². The van der Waals surface area contributed by atoms with E-state index in [2.05, 4.69) is 15.5 Å². The van der Waals surface area contributed by atoms with Crippen LogP contribution in [0.4, 0.5) is 10.8 Å². The second-order valence-corrected chi connectivity index (χ2v) is 9.43. The lowest BCUT2D eigenvalue weighted by Crippen LogP contribution is -2.47. The smallest absolute Gasteiger partial charge is 0.250 e. The van der Waals surface area contributed by atoms with E-state index < -0.39 is 22.0 Å². The minimum atomic E-state index is -3.68. The minimum Gasteiger partial charge on any atom is -0.299 e. The first kappa shape index (κ1) is 20.9. The summed E-state index contributed by atoms with van der Waals surface area (Å²) < 4.78 is 26.2. The maximum absolute atomic E-state index is 13.0. The lowest BCUT2D eigenvalue weighted by Gasteiger charge is -2.30. The van der Waals surface area contributed by atoms with Crippen molar-refractivity contribution in [1.29, 1.82) is 0 Å². The van der Waals surface area contributed by atoms with Gasteiger partial charge in [0.2, 0.25) is 21.1 Å². The van der Waals surface area contributed by atoms with Gasteiger partial charge in [0.25, 0.3) is 0 Å². The highest BCUT2D eigenvalue weighted by molar-refractivity contribution is 7.92. The van der Waals surface area contributed by atoms with E-state index >= 15 is 0 Å². The average molecular weight is 431 g/mol. The molecule has 0 saturated carbocycles. The molecule has 0 radical (unpaired) electrons. The van der Waals surface area contributed by atoms with Crippen LogP contribution in [0.25, 0.3) is 10.6 Å². The van der Waals surface area contributed by atoms with Crippen molar-refractivity contribution in [3.8, 4) is 10.6 Å². The first-order chi connectivity index (χ1) is 13.8. The van der Waals surface area contributed by atoms with Gasteiger partial charge in [-0.05, 0) is 31.0 Å². The molecule has 7 nitrogen and oxygen atoms in total. The highest BCUT2D eigenvalue weighted by Gasteiger charge is 2.32. The molecule has 0 aliphatic carbocycles. The predicted molar refractivity (Wildman–Crippen MR) is 117 cm³/mol. The van der Waals surface area contributed by atoms with Crippen molar-refractivity contribution in [3.05, 3.63) is 60.2 Å². The zero-order valence-corrected chi connectivity index (χ0v) is 18.0. The van der Waals surface area contributed by atoms with Crippen LogP contribution in [-0.2, 0) is 14.8 Å². The number of carbonyl (C=O) groups is 1. The Bertz CT molecular complexity index is 1100. The number of sulfonamides is 1. The Morgan fingerprint density at radius 2 is 1.86 bits per heavy atom. The van der Waals surface area contributed by atoms with Crippen molar-refractivity contribution in [2.75, 3.05) is 15.9 Å². The number of hydrogen-bond acceptors (Lipinski definition) is 6. The molecule has 0 unspecified atom stereocenters. The molecule has 2 aromatic carbocycles. The molecular formula is C20H22N4O3S2. The summed E-state index contributed by atoms with van der Waals surface area (Å²) in [5, 5.41) is 11.9. The van der Waals surface area contributed by atoms with Crippen LogP contribution >= 0.6 is 11.3 Å². The number of nitrogens with one attached hydrogen (secondary N) is 1. The highest BCUT2D eigenvalue weighted by Crippen LogP contribution is 2.28. The Balaban J connectivity index is 1.86. The Morgan fingerprint density at radius 1 is 1.14 bits per heavy atom. The maximum atomic E-state index is 13.0. The molecule has 1 aromatic heterocycles. The third-order valence-electron chi connectivity index (χ3n) is 4.26. The molecule has 0 aliphatic heterocycles. The minimum absolute atomic E-state index is 0.303. The lowest BCUT2D eigenvalue weighted by atomic mass is 10.1. The van der Waals surface area contributed by atoms with Gasteiger partial charge in [-0.2, -0.15) is 0 Å². The van der Waals surface area contributed by atoms with Crippen LogP contribution in [0.2, 0.25) is 0 Å². The maximum Gasteiger partial charge on any atom is 0.250 e. The molecule has 0 bridgehead atoms. The molecule has 9 heteroatoms. The van der Waals surface area contributed by atoms with E-state index in [1.54, 1.807) is 25.1 Å². The topological polar surface area (TPSA) is 92.3 Å². The second-order valence-electron chi connectivity index (χ2n) is 6.59. The Morgan fingerprint density at radius 3 is 2.48 bits per heavy atom. The summed E-state index contributed by atoms with van der Waals surface area (Å²) in [6.07, 6.45) is 1.40. The number of benzene rings is 2. The average Bonchev–Trinajstić information content (AvgIpc) is 3.14. The molecule has 3 rings (SSSR count). The summed E-state index contributed by atoms with van der Waals surface area (Å²) in [5.74, 6) is -0.449. The number of nitrogens with zero attached hydrogens (tertiary/aromatic N) is 3. The Hall–Kier alpha value is -2.78. The first-order valence-corrected chi connectivity index (χ1v) is 11.7. The molecule has 1 atom stereocenters. The van der Waals surface area contributed by atoms with Gasteiger partial charge in [0.1, 0.15) is 11.0 Å². The molecule has 0 spiro atoms. The van der Waals surface area contributed by atoms with E-state index in [4.69, 9.17) is 0 Å². The van der Waals surface area contributed by atoms with Gasteiger partial charge in [-0.25, -0.2) is 8.42 Å². The lowest BCUT2D eigenvalue weighted by molar-refractivity contribution is -0.117. The molecule has 1 amide bonds. The van der Waals surface area contributed by atoms with E-state index in [0.717, 1.165) is 21.7 Å². The van der Waals surface area contributed by atoms with Crippen molar-refractivity contribution in [2.24, 2.45) is 0 Å². The van der Waals surface area contributed by atoms with E-state index in [1.807, 2.05) is 43.3 Å². The Kier molecular flexibility index (Phi) is 6.29. The standard InChI is InChI=1S/C20H22N4O3S2/c1-4-17(24(29(3,26)27)16-12-8-9-14(2)13-16)18(25)21-20-23-22-19(28-20)15-10-6-5-7-11-15/h5-13,17H,4H2,1-3H3,(H,21,23,25)/t17-/m0/s1. The van der Waals surface area contributed by atoms with Gasteiger partial charge in [0, 0.05) is 5.56 Å². The van der Waals surface area contributed by atoms with Crippen LogP contribution in [0.5, 0.6) is 0 Å². The first-order valence-electron chi connectivity index (χ1n) is 9.05. The molecule has 1 N–H and O–H groups in total. The van der Waals surface area contributed by atoms with Crippen LogP contribution in [-0.4, -0.2) is 36.8 Å². The van der Waals surface area contributed by atoms with E-state index in [-0.39, 0.29) is 0 Å². The summed E-state index contributed by atoms with van der Waals surface area (Å²) in [4.78, 5) is 13.0. The number of aryl methyl sites for hydroxylation is 1. The van der Waals surface area contributed by atoms with Crippen LogP contribution in [0.1, 0.15) is 18.9 Å². The fraction of sp³-hybridized carbons (Fsp3) is 0.250. The molecule has 29 heavy (non-hydrogen) atoms. The normalized spacial score (nSPS) is 12.4. The zero-order chi connectivity index (χ0) is 21.0. The van der Waals surface area contributed by atoms with Gasteiger partial charge in [-0.1, -0.05) is 60.7 Å². The van der Waals surface area contributed by atoms with Gasteiger partial charge in [0.05, 0.1) is 11.9 Å². The van der Waals surface area contributed by atoms with E-state index in [9.17, 15) is 13.2 Å². The van der Waals surface area contributed by atoms with E-state index in [0.29, 0.717) is 22.2 Å². The summed E-state index contributed by atoms with van der Waals surface area (Å²) in [7, 11) is -3.68. The van der Waals surface area contributed by atoms with Crippen molar-refractivity contribution in [1.82, 2.24) is 10.2 Å².